The Morgan fingerprint density at radius 2 is 1.95 bits per heavy atom. The predicted octanol–water partition coefficient (Wildman–Crippen LogP) is 2.02. The van der Waals surface area contributed by atoms with E-state index >= 15 is 0 Å². The molecule has 0 aliphatic rings. The van der Waals surface area contributed by atoms with Crippen LogP contribution in [0.1, 0.15) is 22.4 Å². The average molecular weight is 340 g/mol. The van der Waals surface area contributed by atoms with Gasteiger partial charge >= 0.3 is 0 Å². The highest BCUT2D eigenvalue weighted by atomic mass is 32.2. The topological polar surface area (TPSA) is 70.5 Å². The number of rotatable bonds is 6. The first-order valence-corrected chi connectivity index (χ1v) is 9.60. The SMILES string of the molecule is Cc1nc(CN(C)CC(O)c2ccc(S(C)(=O)=O)cc2)cs1. The van der Waals surface area contributed by atoms with E-state index in [1.807, 2.05) is 24.3 Å². The standard InChI is InChI=1S/C15H20N2O3S2/c1-11-16-13(10-21-11)8-17(2)9-15(18)12-4-6-14(7-5-12)22(3,19)20/h4-7,10,15,18H,8-9H2,1-3H3. The fourth-order valence-electron chi connectivity index (χ4n) is 2.16. The first kappa shape index (κ1) is 17.1. The van der Waals surface area contributed by atoms with E-state index in [2.05, 4.69) is 4.98 Å². The van der Waals surface area contributed by atoms with Crippen molar-refractivity contribution in [3.8, 4) is 0 Å². The summed E-state index contributed by atoms with van der Waals surface area (Å²) in [6.45, 7) is 3.09. The molecule has 0 spiro atoms. The second-order valence-corrected chi connectivity index (χ2v) is 8.49. The van der Waals surface area contributed by atoms with Crippen LogP contribution in [0.25, 0.3) is 0 Å². The molecule has 0 fully saturated rings. The number of sulfone groups is 1. The van der Waals surface area contributed by atoms with Gasteiger partial charge in [-0.05, 0) is 31.7 Å². The third kappa shape index (κ3) is 4.61. The van der Waals surface area contributed by atoms with E-state index < -0.39 is 15.9 Å². The molecule has 7 heteroatoms. The molecule has 0 saturated heterocycles. The predicted molar refractivity (Wildman–Crippen MR) is 87.7 cm³/mol. The molecule has 0 aliphatic carbocycles. The summed E-state index contributed by atoms with van der Waals surface area (Å²) in [5.41, 5.74) is 1.69. The molecule has 0 radical (unpaired) electrons. The Bertz CT molecular complexity index is 724. The monoisotopic (exact) mass is 340 g/mol. The van der Waals surface area contributed by atoms with Gasteiger partial charge in [0.2, 0.25) is 0 Å². The van der Waals surface area contributed by atoms with Gasteiger partial charge < -0.3 is 5.11 Å². The van der Waals surface area contributed by atoms with Gasteiger partial charge in [0.25, 0.3) is 0 Å². The number of aromatic nitrogens is 1. The number of likely N-dealkylation sites (N-methyl/N-ethyl adjacent to an activating group) is 1. The van der Waals surface area contributed by atoms with Gasteiger partial charge in [-0.3, -0.25) is 4.90 Å². The van der Waals surface area contributed by atoms with E-state index in [9.17, 15) is 13.5 Å². The molecule has 0 bridgehead atoms. The van der Waals surface area contributed by atoms with Gasteiger partial charge in [0.15, 0.2) is 9.84 Å². The maximum absolute atomic E-state index is 11.4. The first-order chi connectivity index (χ1) is 10.3. The lowest BCUT2D eigenvalue weighted by Crippen LogP contribution is -2.24. The van der Waals surface area contributed by atoms with Gasteiger partial charge in [-0.1, -0.05) is 12.1 Å². The summed E-state index contributed by atoms with van der Waals surface area (Å²) in [6.07, 6.45) is 0.501. The number of benzene rings is 1. The Labute approximate surface area is 135 Å². The highest BCUT2D eigenvalue weighted by molar-refractivity contribution is 7.90. The van der Waals surface area contributed by atoms with Crippen molar-refractivity contribution >= 4 is 21.2 Å². The molecular formula is C15H20N2O3S2. The van der Waals surface area contributed by atoms with Gasteiger partial charge in [-0.15, -0.1) is 11.3 Å². The molecule has 1 aromatic heterocycles. The minimum atomic E-state index is -3.21. The summed E-state index contributed by atoms with van der Waals surface area (Å²) in [7, 11) is -1.29. The summed E-state index contributed by atoms with van der Waals surface area (Å²) >= 11 is 1.61. The zero-order valence-electron chi connectivity index (χ0n) is 12.9. The van der Waals surface area contributed by atoms with Crippen molar-refractivity contribution in [1.29, 1.82) is 0 Å². The molecule has 2 aromatic rings. The normalized spacial score (nSPS) is 13.5. The number of thiazole rings is 1. The molecule has 0 amide bonds. The lowest BCUT2D eigenvalue weighted by molar-refractivity contribution is 0.123. The lowest BCUT2D eigenvalue weighted by atomic mass is 10.1. The molecule has 2 rings (SSSR count). The Hall–Kier alpha value is -1.28. The average Bonchev–Trinajstić information content (AvgIpc) is 2.83. The number of aliphatic hydroxyl groups is 1. The van der Waals surface area contributed by atoms with E-state index in [1.54, 1.807) is 23.5 Å². The maximum Gasteiger partial charge on any atom is 0.175 e. The Morgan fingerprint density at radius 3 is 2.45 bits per heavy atom. The molecule has 1 aromatic carbocycles. The molecule has 1 heterocycles. The van der Waals surface area contributed by atoms with Crippen molar-refractivity contribution < 1.29 is 13.5 Å². The van der Waals surface area contributed by atoms with Crippen molar-refractivity contribution in [2.45, 2.75) is 24.5 Å². The molecule has 1 atom stereocenters. The van der Waals surface area contributed by atoms with Crippen LogP contribution in [0.15, 0.2) is 34.5 Å². The van der Waals surface area contributed by atoms with Crippen LogP contribution in [-0.4, -0.2) is 43.3 Å². The maximum atomic E-state index is 11.4. The van der Waals surface area contributed by atoms with E-state index in [-0.39, 0.29) is 4.90 Å². The Morgan fingerprint density at radius 1 is 1.32 bits per heavy atom. The molecular weight excluding hydrogens is 320 g/mol. The van der Waals surface area contributed by atoms with Gasteiger partial charge in [-0.25, -0.2) is 13.4 Å². The van der Waals surface area contributed by atoms with Gasteiger partial charge in [0.1, 0.15) is 0 Å². The number of hydrogen-bond acceptors (Lipinski definition) is 6. The molecule has 1 N–H and O–H groups in total. The fourth-order valence-corrected chi connectivity index (χ4v) is 3.39. The summed E-state index contributed by atoms with van der Waals surface area (Å²) in [5.74, 6) is 0. The van der Waals surface area contributed by atoms with Crippen molar-refractivity contribution in [3.63, 3.8) is 0 Å². The number of nitrogens with zero attached hydrogens (tertiary/aromatic N) is 2. The molecule has 1 unspecified atom stereocenters. The zero-order chi connectivity index (χ0) is 16.3. The third-order valence-electron chi connectivity index (χ3n) is 3.28. The highest BCUT2D eigenvalue weighted by Crippen LogP contribution is 2.18. The number of hydrogen-bond donors (Lipinski definition) is 1. The fraction of sp³-hybridized carbons (Fsp3) is 0.400. The summed E-state index contributed by atoms with van der Waals surface area (Å²) in [5, 5.41) is 13.3. The van der Waals surface area contributed by atoms with Crippen molar-refractivity contribution in [2.24, 2.45) is 0 Å². The van der Waals surface area contributed by atoms with Crippen LogP contribution in [0.2, 0.25) is 0 Å². The first-order valence-electron chi connectivity index (χ1n) is 6.83. The number of aryl methyl sites for hydroxylation is 1. The van der Waals surface area contributed by atoms with Crippen molar-refractivity contribution in [1.82, 2.24) is 9.88 Å². The summed E-state index contributed by atoms with van der Waals surface area (Å²) < 4.78 is 22.8. The van der Waals surface area contributed by atoms with Crippen LogP contribution in [0.5, 0.6) is 0 Å². The molecule has 22 heavy (non-hydrogen) atoms. The summed E-state index contributed by atoms with van der Waals surface area (Å²) in [4.78, 5) is 6.65. The Balaban J connectivity index is 1.98. The minimum absolute atomic E-state index is 0.259. The zero-order valence-corrected chi connectivity index (χ0v) is 14.5. The van der Waals surface area contributed by atoms with Crippen LogP contribution in [0.4, 0.5) is 0 Å². The smallest absolute Gasteiger partial charge is 0.175 e. The van der Waals surface area contributed by atoms with Gasteiger partial charge in [-0.2, -0.15) is 0 Å². The van der Waals surface area contributed by atoms with Gasteiger partial charge in [0, 0.05) is 24.7 Å². The summed E-state index contributed by atoms with van der Waals surface area (Å²) in [6, 6.07) is 6.36. The second kappa shape index (κ2) is 6.87. The molecule has 0 saturated carbocycles. The lowest BCUT2D eigenvalue weighted by Gasteiger charge is -2.20. The van der Waals surface area contributed by atoms with Gasteiger partial charge in [0.05, 0.1) is 21.7 Å². The van der Waals surface area contributed by atoms with Crippen LogP contribution in [-0.2, 0) is 16.4 Å². The third-order valence-corrected chi connectivity index (χ3v) is 5.23. The van der Waals surface area contributed by atoms with Crippen LogP contribution in [0.3, 0.4) is 0 Å². The molecule has 120 valence electrons. The quantitative estimate of drug-likeness (QED) is 0.871. The highest BCUT2D eigenvalue weighted by Gasteiger charge is 2.13. The van der Waals surface area contributed by atoms with Crippen LogP contribution >= 0.6 is 11.3 Å². The minimum Gasteiger partial charge on any atom is -0.387 e. The van der Waals surface area contributed by atoms with E-state index in [4.69, 9.17) is 0 Å². The van der Waals surface area contributed by atoms with E-state index in [0.29, 0.717) is 18.7 Å². The molecule has 0 aliphatic heterocycles. The number of aliphatic hydroxyl groups excluding tert-OH is 1. The van der Waals surface area contributed by atoms with Crippen LogP contribution in [0, 0.1) is 6.92 Å². The second-order valence-electron chi connectivity index (χ2n) is 5.41. The largest absolute Gasteiger partial charge is 0.387 e. The van der Waals surface area contributed by atoms with E-state index in [0.717, 1.165) is 10.7 Å². The van der Waals surface area contributed by atoms with E-state index in [1.165, 1.54) is 18.4 Å². The molecule has 5 nitrogen and oxygen atoms in total. The van der Waals surface area contributed by atoms with Crippen LogP contribution < -0.4 is 0 Å². The Kier molecular flexibility index (Phi) is 5.33. The van der Waals surface area contributed by atoms with Crippen molar-refractivity contribution in [2.75, 3.05) is 19.8 Å². The van der Waals surface area contributed by atoms with Crippen molar-refractivity contribution in [3.05, 3.63) is 45.9 Å².